The van der Waals surface area contributed by atoms with Crippen LogP contribution in [0, 0.1) is 0 Å². The first-order valence-electron chi connectivity index (χ1n) is 5.95. The van der Waals surface area contributed by atoms with Crippen molar-refractivity contribution < 1.29 is 9.90 Å². The molecule has 0 atom stereocenters. The van der Waals surface area contributed by atoms with Crippen LogP contribution in [-0.4, -0.2) is 34.7 Å². The Labute approximate surface area is 108 Å². The van der Waals surface area contributed by atoms with Gasteiger partial charge < -0.3 is 21.1 Å². The largest absolute Gasteiger partial charge is 0.399 e. The molecule has 0 aromatic heterocycles. The predicted molar refractivity (Wildman–Crippen MR) is 73.4 cm³/mol. The number of nitrogens with one attached hydrogen (secondary N) is 1. The van der Waals surface area contributed by atoms with Crippen molar-refractivity contribution in [1.29, 1.82) is 0 Å². The minimum absolute atomic E-state index is 0.232. The zero-order valence-corrected chi connectivity index (χ0v) is 11.1. The fraction of sp³-hybridized carbons (Fsp3) is 0.462. The number of nitrogens with two attached hydrogens (primary N) is 1. The van der Waals surface area contributed by atoms with Crippen LogP contribution in [0.5, 0.6) is 0 Å². The van der Waals surface area contributed by atoms with Gasteiger partial charge in [0.15, 0.2) is 0 Å². The molecule has 0 unspecified atom stereocenters. The Morgan fingerprint density at radius 1 is 1.39 bits per heavy atom. The summed E-state index contributed by atoms with van der Waals surface area (Å²) >= 11 is 0. The van der Waals surface area contributed by atoms with Gasteiger partial charge in [0.05, 0.1) is 12.1 Å². The molecule has 0 spiro atoms. The first-order chi connectivity index (χ1) is 8.31. The Balaban J connectivity index is 2.65. The molecule has 5 heteroatoms. The second-order valence-corrected chi connectivity index (χ2v) is 4.88. The van der Waals surface area contributed by atoms with Gasteiger partial charge in [0.25, 0.3) is 0 Å². The molecule has 0 bridgehead atoms. The fourth-order valence-electron chi connectivity index (χ4n) is 1.56. The monoisotopic (exact) mass is 251 g/mol. The molecule has 0 aliphatic rings. The van der Waals surface area contributed by atoms with Gasteiger partial charge in [-0.25, -0.2) is 4.79 Å². The van der Waals surface area contributed by atoms with Crippen LogP contribution in [0.2, 0.25) is 0 Å². The number of carbonyl (C=O) groups is 1. The molecule has 0 saturated heterocycles. The third-order valence-electron chi connectivity index (χ3n) is 2.41. The molecule has 1 aromatic rings. The number of likely N-dealkylation sites (N-methyl/N-ethyl adjacent to an activating group) is 1. The maximum absolute atomic E-state index is 12.0. The number of nitrogens with zero attached hydrogens (tertiary/aromatic N) is 1. The van der Waals surface area contributed by atoms with E-state index in [4.69, 9.17) is 5.73 Å². The summed E-state index contributed by atoms with van der Waals surface area (Å²) < 4.78 is 0. The smallest absolute Gasteiger partial charge is 0.321 e. The highest BCUT2D eigenvalue weighted by molar-refractivity contribution is 5.89. The second kappa shape index (κ2) is 5.73. The number of rotatable bonds is 4. The highest BCUT2D eigenvalue weighted by Crippen LogP contribution is 2.12. The van der Waals surface area contributed by atoms with Gasteiger partial charge in [-0.3, -0.25) is 0 Å². The zero-order chi connectivity index (χ0) is 13.8. The molecule has 18 heavy (non-hydrogen) atoms. The number of urea groups is 1. The van der Waals surface area contributed by atoms with Crippen LogP contribution in [0.15, 0.2) is 24.3 Å². The third kappa shape index (κ3) is 4.63. The van der Waals surface area contributed by atoms with E-state index in [1.165, 1.54) is 0 Å². The first kappa shape index (κ1) is 14.3. The van der Waals surface area contributed by atoms with E-state index in [1.54, 1.807) is 43.0 Å². The fourth-order valence-corrected chi connectivity index (χ4v) is 1.56. The molecule has 0 saturated carbocycles. The van der Waals surface area contributed by atoms with Gasteiger partial charge >= 0.3 is 6.03 Å². The quantitative estimate of drug-likeness (QED) is 0.715. The second-order valence-electron chi connectivity index (χ2n) is 4.88. The Morgan fingerprint density at radius 3 is 2.39 bits per heavy atom. The van der Waals surface area contributed by atoms with E-state index in [1.807, 2.05) is 6.92 Å². The van der Waals surface area contributed by atoms with E-state index in [0.717, 1.165) is 0 Å². The number of aliphatic hydroxyl groups is 1. The molecule has 1 aromatic carbocycles. The van der Waals surface area contributed by atoms with Gasteiger partial charge in [0.1, 0.15) is 0 Å². The number of hydrogen-bond donors (Lipinski definition) is 3. The van der Waals surface area contributed by atoms with Crippen molar-refractivity contribution in [3.05, 3.63) is 24.3 Å². The first-order valence-corrected chi connectivity index (χ1v) is 5.95. The highest BCUT2D eigenvalue weighted by atomic mass is 16.3. The van der Waals surface area contributed by atoms with Crippen molar-refractivity contribution in [2.75, 3.05) is 24.1 Å². The minimum Gasteiger partial charge on any atom is -0.399 e. The molecule has 0 fully saturated rings. The number of nitrogen functional groups attached to an aromatic ring is 1. The molecular formula is C13H21N3O2. The minimum atomic E-state index is -0.908. The summed E-state index contributed by atoms with van der Waals surface area (Å²) in [4.78, 5) is 13.5. The van der Waals surface area contributed by atoms with E-state index in [2.05, 4.69) is 5.32 Å². The SMILES string of the molecule is CCN(CC(C)(C)O)C(=O)Nc1ccc(N)cc1. The van der Waals surface area contributed by atoms with Gasteiger partial charge in [-0.15, -0.1) is 0 Å². The molecule has 0 aliphatic heterocycles. The van der Waals surface area contributed by atoms with Gasteiger partial charge in [-0.1, -0.05) is 0 Å². The number of hydrogen-bond acceptors (Lipinski definition) is 3. The molecule has 100 valence electrons. The van der Waals surface area contributed by atoms with Crippen LogP contribution in [-0.2, 0) is 0 Å². The molecule has 4 N–H and O–H groups in total. The Morgan fingerprint density at radius 2 is 1.94 bits per heavy atom. The van der Waals surface area contributed by atoms with Crippen molar-refractivity contribution in [1.82, 2.24) is 4.90 Å². The summed E-state index contributed by atoms with van der Waals surface area (Å²) in [5, 5.41) is 12.5. The summed E-state index contributed by atoms with van der Waals surface area (Å²) in [7, 11) is 0. The van der Waals surface area contributed by atoms with E-state index in [0.29, 0.717) is 17.9 Å². The summed E-state index contributed by atoms with van der Waals surface area (Å²) in [6.45, 7) is 6.03. The lowest BCUT2D eigenvalue weighted by Gasteiger charge is -2.28. The molecule has 0 heterocycles. The van der Waals surface area contributed by atoms with Crippen molar-refractivity contribution in [3.63, 3.8) is 0 Å². The Kier molecular flexibility index (Phi) is 4.55. The van der Waals surface area contributed by atoms with E-state index >= 15 is 0 Å². The summed E-state index contributed by atoms with van der Waals surface area (Å²) in [5.41, 5.74) is 6.00. The van der Waals surface area contributed by atoms with Crippen LogP contribution in [0.3, 0.4) is 0 Å². The maximum atomic E-state index is 12.0. The van der Waals surface area contributed by atoms with E-state index in [9.17, 15) is 9.90 Å². The summed E-state index contributed by atoms with van der Waals surface area (Å²) in [6.07, 6.45) is 0. The van der Waals surface area contributed by atoms with Gasteiger partial charge in [0.2, 0.25) is 0 Å². The van der Waals surface area contributed by atoms with Crippen LogP contribution >= 0.6 is 0 Å². The van der Waals surface area contributed by atoms with Crippen LogP contribution in [0.4, 0.5) is 16.2 Å². The third-order valence-corrected chi connectivity index (χ3v) is 2.41. The summed E-state index contributed by atoms with van der Waals surface area (Å²) in [5.74, 6) is 0. The molecule has 5 nitrogen and oxygen atoms in total. The standard InChI is InChI=1S/C13H21N3O2/c1-4-16(9-13(2,3)18)12(17)15-11-7-5-10(14)6-8-11/h5-8,18H,4,9,14H2,1-3H3,(H,15,17). The van der Waals surface area contributed by atoms with Crippen LogP contribution in [0.25, 0.3) is 0 Å². The van der Waals surface area contributed by atoms with Gasteiger partial charge in [-0.2, -0.15) is 0 Å². The van der Waals surface area contributed by atoms with Crippen molar-refractivity contribution in [3.8, 4) is 0 Å². The highest BCUT2D eigenvalue weighted by Gasteiger charge is 2.21. The molecule has 0 aliphatic carbocycles. The number of anilines is 2. The predicted octanol–water partition coefficient (Wildman–Crippen LogP) is 1.89. The van der Waals surface area contributed by atoms with Gasteiger partial charge in [0, 0.05) is 17.9 Å². The Bertz CT molecular complexity index is 396. The lowest BCUT2D eigenvalue weighted by molar-refractivity contribution is 0.0501. The lowest BCUT2D eigenvalue weighted by atomic mass is 10.1. The van der Waals surface area contributed by atoms with Crippen LogP contribution < -0.4 is 11.1 Å². The molecule has 0 radical (unpaired) electrons. The van der Waals surface area contributed by atoms with Gasteiger partial charge in [-0.05, 0) is 45.0 Å². The van der Waals surface area contributed by atoms with Crippen molar-refractivity contribution in [2.24, 2.45) is 0 Å². The van der Waals surface area contributed by atoms with E-state index < -0.39 is 5.60 Å². The average Bonchev–Trinajstić information content (AvgIpc) is 2.27. The molecule has 2 amide bonds. The lowest BCUT2D eigenvalue weighted by Crippen LogP contribution is -2.44. The molecular weight excluding hydrogens is 230 g/mol. The Hall–Kier alpha value is -1.75. The van der Waals surface area contributed by atoms with Crippen molar-refractivity contribution >= 4 is 17.4 Å². The molecule has 1 rings (SSSR count). The topological polar surface area (TPSA) is 78.6 Å². The van der Waals surface area contributed by atoms with Crippen LogP contribution in [0.1, 0.15) is 20.8 Å². The average molecular weight is 251 g/mol. The number of carbonyl (C=O) groups excluding carboxylic acids is 1. The normalized spacial score (nSPS) is 11.1. The maximum Gasteiger partial charge on any atom is 0.321 e. The zero-order valence-electron chi connectivity index (χ0n) is 11.1. The summed E-state index contributed by atoms with van der Waals surface area (Å²) in [6, 6.07) is 6.70. The number of benzene rings is 1. The van der Waals surface area contributed by atoms with E-state index in [-0.39, 0.29) is 12.6 Å². The van der Waals surface area contributed by atoms with Crippen molar-refractivity contribution in [2.45, 2.75) is 26.4 Å². The number of amides is 2.